The molecule has 2 saturated heterocycles. The summed E-state index contributed by atoms with van der Waals surface area (Å²) in [5, 5.41) is 4.18. The van der Waals surface area contributed by atoms with Gasteiger partial charge in [-0.15, -0.1) is 0 Å². The van der Waals surface area contributed by atoms with Gasteiger partial charge in [0.2, 0.25) is 5.91 Å². The lowest BCUT2D eigenvalue weighted by Gasteiger charge is -2.25. The summed E-state index contributed by atoms with van der Waals surface area (Å²) in [5.41, 5.74) is 1.29. The molecule has 1 aromatic carbocycles. The lowest BCUT2D eigenvalue weighted by Crippen LogP contribution is -2.35. The van der Waals surface area contributed by atoms with Crippen LogP contribution in [-0.2, 0) is 11.3 Å². The minimum absolute atomic E-state index is 0.354. The molecule has 1 aromatic rings. The second-order valence-corrected chi connectivity index (χ2v) is 7.81. The molecule has 0 saturated carbocycles. The third kappa shape index (κ3) is 5.98. The van der Waals surface area contributed by atoms with Gasteiger partial charge in [-0.25, -0.2) is 0 Å². The SMILES string of the molecule is O=C(CCC1CCNCC1)N1CCCN(Cc2ccc(Cl)cc2)CC1. The van der Waals surface area contributed by atoms with Crippen molar-refractivity contribution >= 4 is 17.5 Å². The fourth-order valence-corrected chi connectivity index (χ4v) is 4.01. The van der Waals surface area contributed by atoms with Gasteiger partial charge in [0.25, 0.3) is 0 Å². The molecule has 3 rings (SSSR count). The average Bonchev–Trinajstić information content (AvgIpc) is 2.88. The Morgan fingerprint density at radius 3 is 2.60 bits per heavy atom. The topological polar surface area (TPSA) is 35.6 Å². The second kappa shape index (κ2) is 9.56. The predicted molar refractivity (Wildman–Crippen MR) is 103 cm³/mol. The van der Waals surface area contributed by atoms with Gasteiger partial charge < -0.3 is 10.2 Å². The predicted octanol–water partition coefficient (Wildman–Crippen LogP) is 3.15. The van der Waals surface area contributed by atoms with Gasteiger partial charge in [0.15, 0.2) is 0 Å². The minimum atomic E-state index is 0.354. The van der Waals surface area contributed by atoms with E-state index in [-0.39, 0.29) is 0 Å². The van der Waals surface area contributed by atoms with Gasteiger partial charge in [0, 0.05) is 44.2 Å². The first-order valence-corrected chi connectivity index (χ1v) is 10.0. The number of carbonyl (C=O) groups excluding carboxylic acids is 1. The molecule has 0 aromatic heterocycles. The molecule has 2 aliphatic heterocycles. The van der Waals surface area contributed by atoms with Crippen molar-refractivity contribution in [2.24, 2.45) is 5.92 Å². The highest BCUT2D eigenvalue weighted by molar-refractivity contribution is 6.30. The van der Waals surface area contributed by atoms with E-state index >= 15 is 0 Å². The molecule has 2 heterocycles. The Labute approximate surface area is 156 Å². The standard InChI is InChI=1S/C20H30ClN3O/c21-19-5-2-18(3-6-19)16-23-12-1-13-24(15-14-23)20(25)7-4-17-8-10-22-11-9-17/h2-3,5-6,17,22H,1,4,7-16H2. The van der Waals surface area contributed by atoms with Crippen molar-refractivity contribution in [2.75, 3.05) is 39.3 Å². The summed E-state index contributed by atoms with van der Waals surface area (Å²) in [4.78, 5) is 17.1. The van der Waals surface area contributed by atoms with Crippen LogP contribution in [0.3, 0.4) is 0 Å². The molecule has 138 valence electrons. The molecule has 4 nitrogen and oxygen atoms in total. The summed E-state index contributed by atoms with van der Waals surface area (Å²) in [5.74, 6) is 1.09. The smallest absolute Gasteiger partial charge is 0.222 e. The van der Waals surface area contributed by atoms with Crippen molar-refractivity contribution in [1.29, 1.82) is 0 Å². The van der Waals surface area contributed by atoms with Gasteiger partial charge in [0.05, 0.1) is 0 Å². The molecule has 25 heavy (non-hydrogen) atoms. The highest BCUT2D eigenvalue weighted by Crippen LogP contribution is 2.19. The number of halogens is 1. The van der Waals surface area contributed by atoms with Gasteiger partial charge in [0.1, 0.15) is 0 Å². The van der Waals surface area contributed by atoms with E-state index in [4.69, 9.17) is 11.6 Å². The van der Waals surface area contributed by atoms with Crippen LogP contribution in [-0.4, -0.2) is 55.0 Å². The maximum absolute atomic E-state index is 12.6. The summed E-state index contributed by atoms with van der Waals surface area (Å²) in [6.07, 6.45) is 5.30. The first kappa shape index (κ1) is 18.7. The molecule has 2 fully saturated rings. The fraction of sp³-hybridized carbons (Fsp3) is 0.650. The van der Waals surface area contributed by atoms with Crippen LogP contribution in [0.25, 0.3) is 0 Å². The van der Waals surface area contributed by atoms with Crippen molar-refractivity contribution in [2.45, 2.75) is 38.6 Å². The molecule has 0 unspecified atom stereocenters. The van der Waals surface area contributed by atoms with Crippen molar-refractivity contribution in [3.05, 3.63) is 34.9 Å². The molecular formula is C20H30ClN3O. The van der Waals surface area contributed by atoms with E-state index in [2.05, 4.69) is 27.2 Å². The Hall–Kier alpha value is -1.10. The van der Waals surface area contributed by atoms with E-state index in [9.17, 15) is 4.79 Å². The number of amides is 1. The zero-order valence-corrected chi connectivity index (χ0v) is 15.8. The molecule has 1 N–H and O–H groups in total. The number of hydrogen-bond donors (Lipinski definition) is 1. The average molecular weight is 364 g/mol. The van der Waals surface area contributed by atoms with Gasteiger partial charge in [-0.3, -0.25) is 9.69 Å². The maximum Gasteiger partial charge on any atom is 0.222 e. The Kier molecular flexibility index (Phi) is 7.14. The van der Waals surface area contributed by atoms with E-state index in [1.54, 1.807) is 0 Å². The molecule has 1 amide bonds. The first-order chi connectivity index (χ1) is 12.2. The number of hydrogen-bond acceptors (Lipinski definition) is 3. The molecule has 0 atom stereocenters. The number of nitrogens with zero attached hydrogens (tertiary/aromatic N) is 2. The molecule has 5 heteroatoms. The van der Waals surface area contributed by atoms with Crippen LogP contribution >= 0.6 is 11.6 Å². The van der Waals surface area contributed by atoms with Crippen LogP contribution < -0.4 is 5.32 Å². The van der Waals surface area contributed by atoms with E-state index in [0.29, 0.717) is 5.91 Å². The van der Waals surface area contributed by atoms with E-state index in [1.165, 1.54) is 18.4 Å². The summed E-state index contributed by atoms with van der Waals surface area (Å²) in [7, 11) is 0. The van der Waals surface area contributed by atoms with Crippen molar-refractivity contribution in [3.8, 4) is 0 Å². The largest absolute Gasteiger partial charge is 0.341 e. The quantitative estimate of drug-likeness (QED) is 0.872. The van der Waals surface area contributed by atoms with Crippen LogP contribution in [0.2, 0.25) is 5.02 Å². The molecule has 2 aliphatic rings. The number of nitrogens with one attached hydrogen (secondary N) is 1. The number of carbonyl (C=O) groups is 1. The van der Waals surface area contributed by atoms with Crippen LogP contribution in [0.4, 0.5) is 0 Å². The van der Waals surface area contributed by atoms with Crippen LogP contribution in [0.1, 0.15) is 37.7 Å². The highest BCUT2D eigenvalue weighted by Gasteiger charge is 2.21. The Balaban J connectivity index is 1.42. The van der Waals surface area contributed by atoms with Crippen molar-refractivity contribution < 1.29 is 4.79 Å². The third-order valence-corrected chi connectivity index (χ3v) is 5.74. The fourth-order valence-electron chi connectivity index (χ4n) is 3.88. The van der Waals surface area contributed by atoms with Crippen molar-refractivity contribution in [3.63, 3.8) is 0 Å². The number of rotatable bonds is 5. The minimum Gasteiger partial charge on any atom is -0.341 e. The van der Waals surface area contributed by atoms with E-state index in [0.717, 1.165) is 76.0 Å². The van der Waals surface area contributed by atoms with Crippen LogP contribution in [0.5, 0.6) is 0 Å². The van der Waals surface area contributed by atoms with Crippen molar-refractivity contribution in [1.82, 2.24) is 15.1 Å². The Bertz CT molecular complexity index is 542. The maximum atomic E-state index is 12.6. The molecule has 0 spiro atoms. The lowest BCUT2D eigenvalue weighted by atomic mass is 9.93. The zero-order valence-electron chi connectivity index (χ0n) is 15.1. The monoisotopic (exact) mass is 363 g/mol. The summed E-state index contributed by atoms with van der Waals surface area (Å²) < 4.78 is 0. The molecule has 0 aliphatic carbocycles. The lowest BCUT2D eigenvalue weighted by molar-refractivity contribution is -0.131. The van der Waals surface area contributed by atoms with Gasteiger partial charge in [-0.05, 0) is 62.4 Å². The van der Waals surface area contributed by atoms with Gasteiger partial charge >= 0.3 is 0 Å². The number of piperidine rings is 1. The molecular weight excluding hydrogens is 334 g/mol. The van der Waals surface area contributed by atoms with E-state index in [1.807, 2.05) is 12.1 Å². The van der Waals surface area contributed by atoms with E-state index < -0.39 is 0 Å². The van der Waals surface area contributed by atoms with Crippen LogP contribution in [0, 0.1) is 5.92 Å². The third-order valence-electron chi connectivity index (χ3n) is 5.49. The van der Waals surface area contributed by atoms with Crippen LogP contribution in [0.15, 0.2) is 24.3 Å². The Morgan fingerprint density at radius 2 is 1.84 bits per heavy atom. The normalized spacial score (nSPS) is 20.4. The summed E-state index contributed by atoms with van der Waals surface area (Å²) in [6.45, 7) is 6.95. The highest BCUT2D eigenvalue weighted by atomic mass is 35.5. The summed E-state index contributed by atoms with van der Waals surface area (Å²) in [6, 6.07) is 8.08. The number of benzene rings is 1. The first-order valence-electron chi connectivity index (χ1n) is 9.66. The van der Waals surface area contributed by atoms with Gasteiger partial charge in [-0.2, -0.15) is 0 Å². The van der Waals surface area contributed by atoms with Gasteiger partial charge in [-0.1, -0.05) is 23.7 Å². The Morgan fingerprint density at radius 1 is 1.08 bits per heavy atom. The molecule has 0 radical (unpaired) electrons. The molecule has 0 bridgehead atoms. The second-order valence-electron chi connectivity index (χ2n) is 7.37. The zero-order chi connectivity index (χ0) is 17.5. The summed E-state index contributed by atoms with van der Waals surface area (Å²) >= 11 is 5.96.